The molecule has 176 valence electrons. The van der Waals surface area contributed by atoms with Crippen LogP contribution in [-0.2, 0) is 4.74 Å². The van der Waals surface area contributed by atoms with Gasteiger partial charge in [-0.05, 0) is 62.3 Å². The van der Waals surface area contributed by atoms with Crippen LogP contribution in [0.15, 0.2) is 16.7 Å². The molecule has 2 saturated heterocycles. The monoisotopic (exact) mass is 453 g/mol. The molecule has 7 nitrogen and oxygen atoms in total. The predicted molar refractivity (Wildman–Crippen MR) is 126 cm³/mol. The van der Waals surface area contributed by atoms with E-state index in [9.17, 15) is 0 Å². The van der Waals surface area contributed by atoms with Crippen molar-refractivity contribution in [1.82, 2.24) is 20.4 Å². The van der Waals surface area contributed by atoms with Gasteiger partial charge in [0.2, 0.25) is 0 Å². The molecule has 5 rings (SSSR count). The van der Waals surface area contributed by atoms with Gasteiger partial charge in [-0.1, -0.05) is 19.0 Å². The molecule has 0 spiro atoms. The summed E-state index contributed by atoms with van der Waals surface area (Å²) in [6.45, 7) is 11.2. The van der Waals surface area contributed by atoms with Gasteiger partial charge in [-0.2, -0.15) is 4.98 Å². The molecule has 0 radical (unpaired) electrons. The molecule has 4 heterocycles. The standard InChI is InChI=1S/C25H32FN5O2/c1-14(2)17-11-20-15(3)22(25-27-16(4)30-33-25)24(29-23(20)21(26)12-17)31-8-5-18(6-9-31)28-19-7-10-32-13-19/h11-12,14,18-19,28H,5-10,13H2,1-4H3/t19-/m0/s1. The second kappa shape index (κ2) is 8.99. The highest BCUT2D eigenvalue weighted by Gasteiger charge is 2.29. The van der Waals surface area contributed by atoms with Crippen LogP contribution in [0, 0.1) is 19.7 Å². The third-order valence-electron chi connectivity index (χ3n) is 6.91. The molecule has 2 aliphatic rings. The molecule has 1 atom stereocenters. The molecule has 8 heteroatoms. The van der Waals surface area contributed by atoms with Crippen LogP contribution in [0.25, 0.3) is 22.4 Å². The van der Waals surface area contributed by atoms with E-state index in [2.05, 4.69) is 34.2 Å². The average Bonchev–Trinajstić information content (AvgIpc) is 3.46. The number of ether oxygens (including phenoxy) is 1. The van der Waals surface area contributed by atoms with Crippen molar-refractivity contribution in [1.29, 1.82) is 0 Å². The van der Waals surface area contributed by atoms with Gasteiger partial charge < -0.3 is 19.5 Å². The van der Waals surface area contributed by atoms with Crippen LogP contribution in [0.2, 0.25) is 0 Å². The Hall–Kier alpha value is -2.58. The third kappa shape index (κ3) is 4.34. The number of aryl methyl sites for hydroxylation is 2. The maximum Gasteiger partial charge on any atom is 0.261 e. The van der Waals surface area contributed by atoms with Crippen LogP contribution in [0.3, 0.4) is 0 Å². The normalized spacial score (nSPS) is 19.8. The summed E-state index contributed by atoms with van der Waals surface area (Å²) in [6.07, 6.45) is 3.06. The lowest BCUT2D eigenvalue weighted by Gasteiger charge is -2.35. The van der Waals surface area contributed by atoms with Gasteiger partial charge in [0.1, 0.15) is 17.2 Å². The Bertz CT molecular complexity index is 1150. The first-order chi connectivity index (χ1) is 15.9. The number of halogens is 1. The molecule has 0 aliphatic carbocycles. The number of hydrogen-bond acceptors (Lipinski definition) is 7. The van der Waals surface area contributed by atoms with E-state index in [1.54, 1.807) is 13.0 Å². The van der Waals surface area contributed by atoms with Crippen molar-refractivity contribution in [2.24, 2.45) is 0 Å². The van der Waals surface area contributed by atoms with Crippen molar-refractivity contribution in [3.8, 4) is 11.5 Å². The molecule has 0 bridgehead atoms. The summed E-state index contributed by atoms with van der Waals surface area (Å²) >= 11 is 0. The fraction of sp³-hybridized carbons (Fsp3) is 0.560. The van der Waals surface area contributed by atoms with E-state index in [4.69, 9.17) is 14.2 Å². The van der Waals surface area contributed by atoms with Crippen molar-refractivity contribution in [2.45, 2.75) is 65.0 Å². The van der Waals surface area contributed by atoms with Crippen LogP contribution in [0.5, 0.6) is 0 Å². The molecule has 33 heavy (non-hydrogen) atoms. The molecule has 2 fully saturated rings. The number of rotatable bonds is 5. The van der Waals surface area contributed by atoms with Gasteiger partial charge in [-0.15, -0.1) is 0 Å². The summed E-state index contributed by atoms with van der Waals surface area (Å²) in [7, 11) is 0. The lowest BCUT2D eigenvalue weighted by molar-refractivity contribution is 0.186. The summed E-state index contributed by atoms with van der Waals surface area (Å²) in [5.41, 5.74) is 3.07. The van der Waals surface area contributed by atoms with Crippen molar-refractivity contribution in [2.75, 3.05) is 31.2 Å². The molecule has 1 aromatic carbocycles. The zero-order valence-electron chi connectivity index (χ0n) is 19.8. The molecule has 1 N–H and O–H groups in total. The van der Waals surface area contributed by atoms with Gasteiger partial charge in [0.05, 0.1) is 12.2 Å². The molecule has 2 aliphatic heterocycles. The summed E-state index contributed by atoms with van der Waals surface area (Å²) in [6, 6.07) is 4.55. The third-order valence-corrected chi connectivity index (χ3v) is 6.91. The van der Waals surface area contributed by atoms with Gasteiger partial charge in [-0.3, -0.25) is 0 Å². The first kappa shape index (κ1) is 22.2. The molecule has 0 unspecified atom stereocenters. The van der Waals surface area contributed by atoms with E-state index in [1.165, 1.54) is 0 Å². The van der Waals surface area contributed by atoms with Gasteiger partial charge >= 0.3 is 0 Å². The van der Waals surface area contributed by atoms with Crippen LogP contribution in [0.4, 0.5) is 10.2 Å². The number of nitrogens with zero attached hydrogens (tertiary/aromatic N) is 4. The van der Waals surface area contributed by atoms with E-state index in [1.807, 2.05) is 13.0 Å². The summed E-state index contributed by atoms with van der Waals surface area (Å²) in [5.74, 6) is 1.66. The molecule has 2 aromatic heterocycles. The van der Waals surface area contributed by atoms with Crippen LogP contribution in [0.1, 0.15) is 56.0 Å². The van der Waals surface area contributed by atoms with Gasteiger partial charge in [0.25, 0.3) is 5.89 Å². The number of piperidine rings is 1. The number of anilines is 1. The Kier molecular flexibility index (Phi) is 6.05. The van der Waals surface area contributed by atoms with Crippen LogP contribution >= 0.6 is 0 Å². The number of pyridine rings is 1. The Balaban J connectivity index is 1.53. The first-order valence-electron chi connectivity index (χ1n) is 11.9. The zero-order chi connectivity index (χ0) is 23.1. The highest BCUT2D eigenvalue weighted by molar-refractivity contribution is 5.93. The Morgan fingerprint density at radius 3 is 2.52 bits per heavy atom. The Labute approximate surface area is 193 Å². The molecular weight excluding hydrogens is 421 g/mol. The van der Waals surface area contributed by atoms with E-state index in [0.717, 1.165) is 73.5 Å². The maximum absolute atomic E-state index is 15.2. The molecular formula is C25H32FN5O2. The fourth-order valence-electron chi connectivity index (χ4n) is 4.96. The van der Waals surface area contributed by atoms with Crippen molar-refractivity contribution in [3.63, 3.8) is 0 Å². The minimum absolute atomic E-state index is 0.217. The molecule has 0 amide bonds. The maximum atomic E-state index is 15.2. The van der Waals surface area contributed by atoms with E-state index in [0.29, 0.717) is 29.3 Å². The largest absolute Gasteiger partial charge is 0.380 e. The van der Waals surface area contributed by atoms with Gasteiger partial charge in [-0.25, -0.2) is 9.37 Å². The smallest absolute Gasteiger partial charge is 0.261 e. The number of hydrogen-bond donors (Lipinski definition) is 1. The summed E-state index contributed by atoms with van der Waals surface area (Å²) in [4.78, 5) is 11.6. The minimum atomic E-state index is -0.286. The van der Waals surface area contributed by atoms with E-state index in [-0.39, 0.29) is 11.7 Å². The lowest BCUT2D eigenvalue weighted by atomic mass is 9.96. The first-order valence-corrected chi connectivity index (χ1v) is 11.9. The number of fused-ring (bicyclic) bond motifs is 1. The average molecular weight is 454 g/mol. The van der Waals surface area contributed by atoms with Crippen LogP contribution in [-0.4, -0.2) is 53.5 Å². The van der Waals surface area contributed by atoms with E-state index < -0.39 is 0 Å². The second-order valence-corrected chi connectivity index (χ2v) is 9.62. The topological polar surface area (TPSA) is 76.3 Å². The predicted octanol–water partition coefficient (Wildman–Crippen LogP) is 4.51. The second-order valence-electron chi connectivity index (χ2n) is 9.62. The molecule has 0 saturated carbocycles. The van der Waals surface area contributed by atoms with Gasteiger partial charge in [0.15, 0.2) is 5.82 Å². The highest BCUT2D eigenvalue weighted by Crippen LogP contribution is 2.38. The van der Waals surface area contributed by atoms with Gasteiger partial charge in [0, 0.05) is 37.2 Å². The summed E-state index contributed by atoms with van der Waals surface area (Å²) < 4.78 is 26.3. The van der Waals surface area contributed by atoms with Crippen molar-refractivity contribution < 1.29 is 13.7 Å². The number of nitrogens with one attached hydrogen (secondary N) is 1. The Morgan fingerprint density at radius 2 is 1.88 bits per heavy atom. The minimum Gasteiger partial charge on any atom is -0.380 e. The quantitative estimate of drug-likeness (QED) is 0.609. The van der Waals surface area contributed by atoms with Crippen molar-refractivity contribution in [3.05, 3.63) is 34.9 Å². The van der Waals surface area contributed by atoms with E-state index >= 15 is 4.39 Å². The lowest BCUT2D eigenvalue weighted by Crippen LogP contribution is -2.46. The molecule has 3 aromatic rings. The zero-order valence-corrected chi connectivity index (χ0v) is 19.8. The Morgan fingerprint density at radius 1 is 1.09 bits per heavy atom. The number of benzene rings is 1. The SMILES string of the molecule is Cc1noc(-c2c(N3CCC(N[C@H]4CCOC4)CC3)nc3c(F)cc(C(C)C)cc3c2C)n1. The fourth-order valence-corrected chi connectivity index (χ4v) is 4.96. The highest BCUT2D eigenvalue weighted by atomic mass is 19.1. The summed E-state index contributed by atoms with van der Waals surface area (Å²) in [5, 5.41) is 8.54. The number of aromatic nitrogens is 3. The van der Waals surface area contributed by atoms with Crippen molar-refractivity contribution >= 4 is 16.7 Å². The van der Waals surface area contributed by atoms with Crippen LogP contribution < -0.4 is 10.2 Å².